The molecule has 1 fully saturated rings. The molecule has 8 nitrogen and oxygen atoms in total. The molecule has 1 aliphatic rings. The van der Waals surface area contributed by atoms with Crippen LogP contribution in [0.1, 0.15) is 24.5 Å². The van der Waals surface area contributed by atoms with Crippen molar-refractivity contribution in [1.82, 2.24) is 24.4 Å². The summed E-state index contributed by atoms with van der Waals surface area (Å²) in [4.78, 5) is 25.4. The number of hydrogen-bond donors (Lipinski definition) is 1. The van der Waals surface area contributed by atoms with E-state index in [2.05, 4.69) is 36.5 Å². The zero-order valence-corrected chi connectivity index (χ0v) is 16.3. The monoisotopic (exact) mass is 438 g/mol. The average molecular weight is 439 g/mol. The third-order valence-electron chi connectivity index (χ3n) is 4.78. The van der Waals surface area contributed by atoms with Gasteiger partial charge < -0.3 is 5.32 Å². The number of nitrogens with one attached hydrogen (secondary N) is 1. The van der Waals surface area contributed by atoms with Crippen LogP contribution in [0.5, 0.6) is 0 Å². The Morgan fingerprint density at radius 2 is 2.07 bits per heavy atom. The molecule has 28 heavy (non-hydrogen) atoms. The number of carbonyl (C=O) groups excluding carboxylic acids is 1. The van der Waals surface area contributed by atoms with Gasteiger partial charge in [0.2, 0.25) is 5.91 Å². The van der Waals surface area contributed by atoms with Crippen molar-refractivity contribution in [2.24, 2.45) is 0 Å². The standard InChI is InChI=1S/C19H15BrN6O2/c20-12-3-5-14-15(7-12)18(11-1-2-11)24-26(19(14)28)9-17(27)22-13-4-6-16-23-21-10-25(16)8-13/h3-8,10-11H,1-2,9H2,(H,22,27). The number of nitrogens with zero attached hydrogens (tertiary/aromatic N) is 5. The van der Waals surface area contributed by atoms with Crippen molar-refractivity contribution in [3.05, 3.63) is 63.4 Å². The van der Waals surface area contributed by atoms with Crippen molar-refractivity contribution in [3.63, 3.8) is 0 Å². The van der Waals surface area contributed by atoms with Crippen LogP contribution in [0.15, 0.2) is 52.1 Å². The van der Waals surface area contributed by atoms with E-state index in [1.165, 1.54) is 4.68 Å². The number of carbonyl (C=O) groups is 1. The molecule has 0 unspecified atom stereocenters. The predicted octanol–water partition coefficient (Wildman–Crippen LogP) is 2.72. The summed E-state index contributed by atoms with van der Waals surface area (Å²) in [7, 11) is 0. The number of fused-ring (bicyclic) bond motifs is 2. The van der Waals surface area contributed by atoms with Gasteiger partial charge in [-0.05, 0) is 43.2 Å². The number of pyridine rings is 1. The molecule has 1 aromatic carbocycles. The number of rotatable bonds is 4. The van der Waals surface area contributed by atoms with Crippen molar-refractivity contribution >= 4 is 43.9 Å². The summed E-state index contributed by atoms with van der Waals surface area (Å²) in [5.74, 6) is 0.0306. The van der Waals surface area contributed by atoms with Crippen molar-refractivity contribution in [3.8, 4) is 0 Å². The van der Waals surface area contributed by atoms with Crippen LogP contribution in [0.25, 0.3) is 16.4 Å². The summed E-state index contributed by atoms with van der Waals surface area (Å²) in [5, 5.41) is 16.5. The maximum absolute atomic E-state index is 12.8. The summed E-state index contributed by atoms with van der Waals surface area (Å²) in [6, 6.07) is 9.04. The van der Waals surface area contributed by atoms with Gasteiger partial charge in [-0.2, -0.15) is 5.10 Å². The van der Waals surface area contributed by atoms with Crippen molar-refractivity contribution in [2.45, 2.75) is 25.3 Å². The number of anilines is 1. The first-order chi connectivity index (χ1) is 13.6. The molecule has 9 heteroatoms. The summed E-state index contributed by atoms with van der Waals surface area (Å²) in [6.45, 7) is -0.148. The lowest BCUT2D eigenvalue weighted by Crippen LogP contribution is -2.30. The molecule has 1 saturated carbocycles. The lowest BCUT2D eigenvalue weighted by molar-refractivity contribution is -0.117. The highest BCUT2D eigenvalue weighted by atomic mass is 79.9. The summed E-state index contributed by atoms with van der Waals surface area (Å²) in [5.41, 5.74) is 1.90. The molecule has 1 aliphatic carbocycles. The molecule has 0 spiro atoms. The maximum atomic E-state index is 12.8. The van der Waals surface area contributed by atoms with Crippen molar-refractivity contribution < 1.29 is 4.79 Å². The molecule has 1 N–H and O–H groups in total. The topological polar surface area (TPSA) is 94.2 Å². The van der Waals surface area contributed by atoms with Crippen molar-refractivity contribution in [2.75, 3.05) is 5.32 Å². The molecule has 0 atom stereocenters. The maximum Gasteiger partial charge on any atom is 0.275 e. The molecule has 4 aromatic rings. The van der Waals surface area contributed by atoms with E-state index < -0.39 is 0 Å². The van der Waals surface area contributed by atoms with Gasteiger partial charge in [0.25, 0.3) is 5.56 Å². The summed E-state index contributed by atoms with van der Waals surface area (Å²) < 4.78 is 3.87. The van der Waals surface area contributed by atoms with Gasteiger partial charge in [0.1, 0.15) is 12.9 Å². The van der Waals surface area contributed by atoms with E-state index in [4.69, 9.17) is 0 Å². The average Bonchev–Trinajstić information content (AvgIpc) is 3.41. The van der Waals surface area contributed by atoms with Crippen molar-refractivity contribution in [1.29, 1.82) is 0 Å². The zero-order chi connectivity index (χ0) is 19.3. The first kappa shape index (κ1) is 17.1. The minimum atomic E-state index is -0.319. The Hall–Kier alpha value is -3.07. The number of aromatic nitrogens is 5. The largest absolute Gasteiger partial charge is 0.323 e. The second-order valence-electron chi connectivity index (χ2n) is 6.87. The predicted molar refractivity (Wildman–Crippen MR) is 107 cm³/mol. The van der Waals surface area contributed by atoms with Crippen LogP contribution in [0.2, 0.25) is 0 Å². The number of hydrogen-bond acceptors (Lipinski definition) is 5. The van der Waals surface area contributed by atoms with Gasteiger partial charge in [-0.3, -0.25) is 14.0 Å². The number of benzene rings is 1. The number of halogens is 1. The van der Waals surface area contributed by atoms with Gasteiger partial charge in [0.05, 0.1) is 16.8 Å². The minimum Gasteiger partial charge on any atom is -0.323 e. The molecule has 5 rings (SSSR count). The first-order valence-corrected chi connectivity index (χ1v) is 9.67. The van der Waals surface area contributed by atoms with Gasteiger partial charge in [-0.15, -0.1) is 10.2 Å². The minimum absolute atomic E-state index is 0.148. The van der Waals surface area contributed by atoms with Gasteiger partial charge >= 0.3 is 0 Å². The molecule has 0 aliphatic heterocycles. The van der Waals surface area contributed by atoms with Crippen LogP contribution in [0.3, 0.4) is 0 Å². The SMILES string of the molecule is O=C(Cn1nc(C2CC2)c2cc(Br)ccc2c1=O)Nc1ccc2nncn2c1. The molecular weight excluding hydrogens is 424 g/mol. The van der Waals surface area contributed by atoms with Crippen LogP contribution in [0, 0.1) is 0 Å². The fourth-order valence-electron chi connectivity index (χ4n) is 3.29. The lowest BCUT2D eigenvalue weighted by Gasteiger charge is -2.11. The lowest BCUT2D eigenvalue weighted by atomic mass is 10.1. The highest BCUT2D eigenvalue weighted by Crippen LogP contribution is 2.41. The smallest absolute Gasteiger partial charge is 0.275 e. The third kappa shape index (κ3) is 3.07. The molecule has 1 amide bonds. The quantitative estimate of drug-likeness (QED) is 0.528. The van der Waals surface area contributed by atoms with Crippen LogP contribution in [-0.2, 0) is 11.3 Å². The molecular formula is C19H15BrN6O2. The van der Waals surface area contributed by atoms with E-state index in [-0.39, 0.29) is 18.0 Å². The normalized spacial score (nSPS) is 13.9. The Balaban J connectivity index is 1.47. The van der Waals surface area contributed by atoms with Crippen LogP contribution < -0.4 is 10.9 Å². The molecule has 0 radical (unpaired) electrons. The van der Waals surface area contributed by atoms with E-state index in [1.807, 2.05) is 12.1 Å². The van der Waals surface area contributed by atoms with Crippen LogP contribution >= 0.6 is 15.9 Å². The molecule has 140 valence electrons. The highest BCUT2D eigenvalue weighted by molar-refractivity contribution is 9.10. The van der Waals surface area contributed by atoms with Gasteiger partial charge in [0.15, 0.2) is 5.65 Å². The summed E-state index contributed by atoms with van der Waals surface area (Å²) in [6.07, 6.45) is 5.38. The molecule has 3 heterocycles. The highest BCUT2D eigenvalue weighted by Gasteiger charge is 2.28. The zero-order valence-electron chi connectivity index (χ0n) is 14.7. The molecule has 3 aromatic heterocycles. The second-order valence-corrected chi connectivity index (χ2v) is 7.79. The van der Waals surface area contributed by atoms with Gasteiger partial charge in [-0.25, -0.2) is 4.68 Å². The van der Waals surface area contributed by atoms with E-state index in [0.29, 0.717) is 22.6 Å². The van der Waals surface area contributed by atoms with Gasteiger partial charge in [-0.1, -0.05) is 15.9 Å². The Morgan fingerprint density at radius 3 is 2.89 bits per heavy atom. The fraction of sp³-hybridized carbons (Fsp3) is 0.211. The van der Waals surface area contributed by atoms with E-state index in [9.17, 15) is 9.59 Å². The Morgan fingerprint density at radius 1 is 1.21 bits per heavy atom. The van der Waals surface area contributed by atoms with Crippen LogP contribution in [-0.4, -0.2) is 30.3 Å². The Kier molecular flexibility index (Phi) is 3.97. The second kappa shape index (κ2) is 6.52. The Bertz CT molecular complexity index is 1290. The Labute approximate surface area is 167 Å². The fourth-order valence-corrected chi connectivity index (χ4v) is 3.65. The number of amides is 1. The first-order valence-electron chi connectivity index (χ1n) is 8.88. The summed E-state index contributed by atoms with van der Waals surface area (Å²) >= 11 is 3.46. The van der Waals surface area contributed by atoms with E-state index >= 15 is 0 Å². The third-order valence-corrected chi connectivity index (χ3v) is 5.28. The molecule has 0 saturated heterocycles. The van der Waals surface area contributed by atoms with E-state index in [1.54, 1.807) is 35.1 Å². The molecule has 0 bridgehead atoms. The van der Waals surface area contributed by atoms with E-state index in [0.717, 1.165) is 28.4 Å². The van der Waals surface area contributed by atoms with Gasteiger partial charge in [0, 0.05) is 22.0 Å². The van der Waals surface area contributed by atoms with Crippen LogP contribution in [0.4, 0.5) is 5.69 Å².